The maximum Gasteiger partial charge on any atom is 0.303 e. The first kappa shape index (κ1) is 17.7. The quantitative estimate of drug-likeness (QED) is 0.853. The Bertz CT molecular complexity index is 702. The molecule has 2 N–H and O–H groups in total. The minimum Gasteiger partial charge on any atom is -0.481 e. The molecule has 1 aromatic heterocycles. The van der Waals surface area contributed by atoms with Crippen molar-refractivity contribution in [1.82, 2.24) is 15.1 Å². The SMILES string of the molecule is CC(C)(C)n1cc(C(=O)NC(CCC(=O)O)c2ccccc2)cn1. The molecule has 0 aliphatic heterocycles. The number of carbonyl (C=O) groups excluding carboxylic acids is 1. The van der Waals surface area contributed by atoms with Crippen LogP contribution < -0.4 is 5.32 Å². The van der Waals surface area contributed by atoms with Gasteiger partial charge in [0.25, 0.3) is 5.91 Å². The van der Waals surface area contributed by atoms with Gasteiger partial charge in [-0.25, -0.2) is 0 Å². The monoisotopic (exact) mass is 329 g/mol. The molecule has 128 valence electrons. The lowest BCUT2D eigenvalue weighted by atomic mass is 10.0. The predicted molar refractivity (Wildman–Crippen MR) is 90.7 cm³/mol. The van der Waals surface area contributed by atoms with Crippen LogP contribution in [0.1, 0.15) is 55.6 Å². The highest BCUT2D eigenvalue weighted by Crippen LogP contribution is 2.20. The number of nitrogens with one attached hydrogen (secondary N) is 1. The number of hydrogen-bond donors (Lipinski definition) is 2. The van der Waals surface area contributed by atoms with Gasteiger partial charge in [-0.2, -0.15) is 5.10 Å². The number of nitrogens with zero attached hydrogens (tertiary/aromatic N) is 2. The summed E-state index contributed by atoms with van der Waals surface area (Å²) in [5.74, 6) is -1.14. The summed E-state index contributed by atoms with van der Waals surface area (Å²) in [6.45, 7) is 6.00. The van der Waals surface area contributed by atoms with Gasteiger partial charge in [0.05, 0.1) is 23.3 Å². The van der Waals surface area contributed by atoms with Gasteiger partial charge in [0.2, 0.25) is 0 Å². The van der Waals surface area contributed by atoms with Crippen LogP contribution in [-0.4, -0.2) is 26.8 Å². The normalized spacial score (nSPS) is 12.6. The van der Waals surface area contributed by atoms with Gasteiger partial charge in [0.1, 0.15) is 0 Å². The van der Waals surface area contributed by atoms with E-state index in [1.807, 2.05) is 51.1 Å². The third-order valence-corrected chi connectivity index (χ3v) is 3.69. The molecule has 1 heterocycles. The Morgan fingerprint density at radius 3 is 2.46 bits per heavy atom. The molecule has 24 heavy (non-hydrogen) atoms. The van der Waals surface area contributed by atoms with Crippen LogP contribution >= 0.6 is 0 Å². The van der Waals surface area contributed by atoms with Crippen molar-refractivity contribution in [2.45, 2.75) is 45.2 Å². The highest BCUT2D eigenvalue weighted by molar-refractivity contribution is 5.94. The predicted octanol–water partition coefficient (Wildman–Crippen LogP) is 2.97. The van der Waals surface area contributed by atoms with Crippen LogP contribution in [0.5, 0.6) is 0 Å². The van der Waals surface area contributed by atoms with Crippen molar-refractivity contribution >= 4 is 11.9 Å². The van der Waals surface area contributed by atoms with Crippen LogP contribution in [0.3, 0.4) is 0 Å². The van der Waals surface area contributed by atoms with Crippen molar-refractivity contribution in [3.8, 4) is 0 Å². The molecule has 0 aliphatic rings. The number of rotatable bonds is 6. The molecule has 0 fully saturated rings. The Morgan fingerprint density at radius 1 is 1.25 bits per heavy atom. The minimum absolute atomic E-state index is 0.0128. The summed E-state index contributed by atoms with van der Waals surface area (Å²) in [5.41, 5.74) is 1.14. The molecular weight excluding hydrogens is 306 g/mol. The number of hydrogen-bond acceptors (Lipinski definition) is 3. The first-order valence-electron chi connectivity index (χ1n) is 7.90. The molecule has 1 unspecified atom stereocenters. The van der Waals surface area contributed by atoms with E-state index in [2.05, 4.69) is 10.4 Å². The Balaban J connectivity index is 2.15. The molecule has 0 bridgehead atoms. The van der Waals surface area contributed by atoms with Gasteiger partial charge in [0.15, 0.2) is 0 Å². The first-order valence-corrected chi connectivity index (χ1v) is 7.90. The van der Waals surface area contributed by atoms with Crippen LogP contribution in [0.25, 0.3) is 0 Å². The third-order valence-electron chi connectivity index (χ3n) is 3.69. The van der Waals surface area contributed by atoms with Crippen molar-refractivity contribution < 1.29 is 14.7 Å². The van der Waals surface area contributed by atoms with Gasteiger partial charge in [-0.1, -0.05) is 30.3 Å². The molecule has 0 radical (unpaired) electrons. The van der Waals surface area contributed by atoms with Crippen LogP contribution in [0.15, 0.2) is 42.7 Å². The molecular formula is C18H23N3O3. The van der Waals surface area contributed by atoms with E-state index in [0.717, 1.165) is 5.56 Å². The fraction of sp³-hybridized carbons (Fsp3) is 0.389. The van der Waals surface area contributed by atoms with E-state index in [4.69, 9.17) is 5.11 Å². The zero-order chi connectivity index (χ0) is 17.7. The molecule has 1 atom stereocenters. The molecule has 6 heteroatoms. The van der Waals surface area contributed by atoms with Crippen molar-refractivity contribution in [3.63, 3.8) is 0 Å². The second-order valence-electron chi connectivity index (χ2n) is 6.71. The maximum absolute atomic E-state index is 12.5. The molecule has 1 amide bonds. The van der Waals surface area contributed by atoms with Gasteiger partial charge in [-0.3, -0.25) is 14.3 Å². The number of aromatic nitrogens is 2. The molecule has 0 aliphatic carbocycles. The van der Waals surface area contributed by atoms with Gasteiger partial charge in [0, 0.05) is 12.6 Å². The van der Waals surface area contributed by atoms with Crippen molar-refractivity contribution in [3.05, 3.63) is 53.9 Å². The van der Waals surface area contributed by atoms with E-state index in [-0.39, 0.29) is 23.9 Å². The van der Waals surface area contributed by atoms with Gasteiger partial charge >= 0.3 is 5.97 Å². The summed E-state index contributed by atoms with van der Waals surface area (Å²) < 4.78 is 1.73. The lowest BCUT2D eigenvalue weighted by molar-refractivity contribution is -0.137. The molecule has 0 saturated heterocycles. The summed E-state index contributed by atoms with van der Waals surface area (Å²) in [7, 11) is 0. The average Bonchev–Trinajstić information content (AvgIpc) is 3.02. The van der Waals surface area contributed by atoms with Gasteiger partial charge in [-0.05, 0) is 32.8 Å². The fourth-order valence-corrected chi connectivity index (χ4v) is 2.32. The number of carbonyl (C=O) groups is 2. The minimum atomic E-state index is -0.884. The zero-order valence-electron chi connectivity index (χ0n) is 14.2. The summed E-state index contributed by atoms with van der Waals surface area (Å²) in [6.07, 6.45) is 3.55. The number of carboxylic acids is 1. The highest BCUT2D eigenvalue weighted by Gasteiger charge is 2.20. The summed E-state index contributed by atoms with van der Waals surface area (Å²) in [4.78, 5) is 23.4. The van der Waals surface area contributed by atoms with E-state index in [1.54, 1.807) is 10.9 Å². The number of aliphatic carboxylic acids is 1. The third kappa shape index (κ3) is 4.68. The molecule has 6 nitrogen and oxygen atoms in total. The highest BCUT2D eigenvalue weighted by atomic mass is 16.4. The van der Waals surface area contributed by atoms with Crippen molar-refractivity contribution in [2.75, 3.05) is 0 Å². The van der Waals surface area contributed by atoms with E-state index in [1.165, 1.54) is 6.20 Å². The largest absolute Gasteiger partial charge is 0.481 e. The Labute approximate surface area is 141 Å². The first-order chi connectivity index (χ1) is 11.3. The number of amides is 1. The van der Waals surface area contributed by atoms with Crippen LogP contribution in [0, 0.1) is 0 Å². The van der Waals surface area contributed by atoms with Crippen molar-refractivity contribution in [1.29, 1.82) is 0 Å². The second kappa shape index (κ2) is 7.29. The Hall–Kier alpha value is -2.63. The molecule has 0 spiro atoms. The Kier molecular flexibility index (Phi) is 5.39. The molecule has 2 rings (SSSR count). The van der Waals surface area contributed by atoms with E-state index in [9.17, 15) is 9.59 Å². The van der Waals surface area contributed by atoms with Gasteiger partial charge in [-0.15, -0.1) is 0 Å². The molecule has 0 saturated carbocycles. The van der Waals surface area contributed by atoms with Crippen LogP contribution in [0.4, 0.5) is 0 Å². The van der Waals surface area contributed by atoms with Gasteiger partial charge < -0.3 is 10.4 Å². The fourth-order valence-electron chi connectivity index (χ4n) is 2.32. The van der Waals surface area contributed by atoms with E-state index >= 15 is 0 Å². The smallest absolute Gasteiger partial charge is 0.303 e. The van der Waals surface area contributed by atoms with Crippen molar-refractivity contribution in [2.24, 2.45) is 0 Å². The average molecular weight is 329 g/mol. The van der Waals surface area contributed by atoms with E-state index in [0.29, 0.717) is 12.0 Å². The second-order valence-corrected chi connectivity index (χ2v) is 6.71. The maximum atomic E-state index is 12.5. The summed E-state index contributed by atoms with van der Waals surface area (Å²) >= 11 is 0. The lowest BCUT2D eigenvalue weighted by Crippen LogP contribution is -2.29. The van der Waals surface area contributed by atoms with Crippen LogP contribution in [-0.2, 0) is 10.3 Å². The lowest BCUT2D eigenvalue weighted by Gasteiger charge is -2.19. The molecule has 2 aromatic rings. The number of benzene rings is 1. The standard InChI is InChI=1S/C18H23N3O3/c1-18(2,3)21-12-14(11-19-21)17(24)20-15(9-10-16(22)23)13-7-5-4-6-8-13/h4-8,11-12,15H,9-10H2,1-3H3,(H,20,24)(H,22,23). The summed E-state index contributed by atoms with van der Waals surface area (Å²) in [6, 6.07) is 9.02. The molecule has 1 aromatic carbocycles. The van der Waals surface area contributed by atoms with E-state index < -0.39 is 5.97 Å². The van der Waals surface area contributed by atoms with Crippen LogP contribution in [0.2, 0.25) is 0 Å². The zero-order valence-corrected chi connectivity index (χ0v) is 14.2. The topological polar surface area (TPSA) is 84.2 Å². The Morgan fingerprint density at radius 2 is 1.92 bits per heavy atom. The number of carboxylic acid groups (broad SMARTS) is 1. The summed E-state index contributed by atoms with van der Waals surface area (Å²) in [5, 5.41) is 16.1.